The Morgan fingerprint density at radius 2 is 1.90 bits per heavy atom. The molecule has 0 aliphatic rings. The average Bonchev–Trinajstić information content (AvgIpc) is 2.45. The molecule has 2 aromatic rings. The molecule has 0 radical (unpaired) electrons. The van der Waals surface area contributed by atoms with E-state index in [1.807, 2.05) is 0 Å². The van der Waals surface area contributed by atoms with Crippen molar-refractivity contribution in [2.75, 3.05) is 7.11 Å². The Kier molecular flexibility index (Phi) is 3.69. The van der Waals surface area contributed by atoms with Crippen LogP contribution in [0.4, 0.5) is 13.2 Å². The first-order chi connectivity index (χ1) is 9.43. The predicted molar refractivity (Wildman–Crippen MR) is 63.5 cm³/mol. The summed E-state index contributed by atoms with van der Waals surface area (Å²) in [7, 11) is 1.33. The first-order valence-electron chi connectivity index (χ1n) is 5.50. The van der Waals surface area contributed by atoms with E-state index < -0.39 is 23.1 Å². The van der Waals surface area contributed by atoms with Gasteiger partial charge >= 0.3 is 6.18 Å². The first-order valence-corrected chi connectivity index (χ1v) is 5.50. The van der Waals surface area contributed by atoms with E-state index in [-0.39, 0.29) is 11.6 Å². The number of methoxy groups -OCH3 is 1. The van der Waals surface area contributed by atoms with Crippen molar-refractivity contribution in [2.24, 2.45) is 0 Å². The number of halogens is 3. The van der Waals surface area contributed by atoms with Gasteiger partial charge in [-0.15, -0.1) is 0 Å². The molecule has 0 fully saturated rings. The highest BCUT2D eigenvalue weighted by Crippen LogP contribution is 2.32. The molecule has 1 aromatic heterocycles. The number of aromatic nitrogens is 2. The zero-order valence-electron chi connectivity index (χ0n) is 10.3. The van der Waals surface area contributed by atoms with Crippen LogP contribution >= 0.6 is 0 Å². The van der Waals surface area contributed by atoms with Crippen molar-refractivity contribution >= 4 is 5.78 Å². The minimum atomic E-state index is -4.61. The van der Waals surface area contributed by atoms with Crippen LogP contribution in [-0.2, 0) is 6.18 Å². The summed E-state index contributed by atoms with van der Waals surface area (Å²) in [6.07, 6.45) is -3.55. The van der Waals surface area contributed by atoms with Crippen molar-refractivity contribution in [1.29, 1.82) is 0 Å². The number of benzene rings is 1. The third-order valence-corrected chi connectivity index (χ3v) is 2.56. The van der Waals surface area contributed by atoms with E-state index in [1.54, 1.807) is 0 Å². The van der Waals surface area contributed by atoms with Crippen LogP contribution in [-0.4, -0.2) is 22.9 Å². The summed E-state index contributed by atoms with van der Waals surface area (Å²) in [4.78, 5) is 19.5. The summed E-state index contributed by atoms with van der Waals surface area (Å²) in [6, 6.07) is 5.74. The maximum Gasteiger partial charge on any atom is 0.417 e. The molecule has 0 unspecified atom stereocenters. The van der Waals surface area contributed by atoms with E-state index in [4.69, 9.17) is 4.74 Å². The molecular weight excluding hydrogens is 273 g/mol. The number of hydrogen-bond acceptors (Lipinski definition) is 4. The fourth-order valence-corrected chi connectivity index (χ4v) is 1.64. The van der Waals surface area contributed by atoms with E-state index in [1.165, 1.54) is 25.3 Å². The smallest absolute Gasteiger partial charge is 0.417 e. The minimum absolute atomic E-state index is 0.104. The lowest BCUT2D eigenvalue weighted by Crippen LogP contribution is -2.14. The molecule has 0 bridgehead atoms. The van der Waals surface area contributed by atoms with Crippen molar-refractivity contribution in [3.63, 3.8) is 0 Å². The van der Waals surface area contributed by atoms with Crippen LogP contribution in [0.5, 0.6) is 5.88 Å². The summed E-state index contributed by atoms with van der Waals surface area (Å²) >= 11 is 0. The van der Waals surface area contributed by atoms with Gasteiger partial charge < -0.3 is 4.74 Å². The molecule has 1 aromatic carbocycles. The van der Waals surface area contributed by atoms with Crippen LogP contribution in [0, 0.1) is 0 Å². The molecule has 0 aliphatic carbocycles. The van der Waals surface area contributed by atoms with Gasteiger partial charge in [0.2, 0.25) is 11.7 Å². The lowest BCUT2D eigenvalue weighted by atomic mass is 10.0. The highest BCUT2D eigenvalue weighted by Gasteiger charge is 2.35. The Balaban J connectivity index is 2.48. The molecule has 0 spiro atoms. The van der Waals surface area contributed by atoms with Crippen LogP contribution < -0.4 is 4.74 Å². The second kappa shape index (κ2) is 5.28. The molecule has 0 amide bonds. The maximum absolute atomic E-state index is 12.9. The highest BCUT2D eigenvalue weighted by atomic mass is 19.4. The molecule has 20 heavy (non-hydrogen) atoms. The quantitative estimate of drug-likeness (QED) is 0.812. The van der Waals surface area contributed by atoms with Crippen LogP contribution in [0.3, 0.4) is 0 Å². The molecule has 0 N–H and O–H groups in total. The SMILES string of the molecule is COc1cc(C(=O)c2ccccc2C(F)(F)F)ncn1. The molecule has 0 saturated carbocycles. The second-order valence-corrected chi connectivity index (χ2v) is 3.82. The highest BCUT2D eigenvalue weighted by molar-refractivity contribution is 6.08. The Morgan fingerprint density at radius 1 is 1.20 bits per heavy atom. The molecule has 1 heterocycles. The van der Waals surface area contributed by atoms with Crippen molar-refractivity contribution in [1.82, 2.24) is 9.97 Å². The van der Waals surface area contributed by atoms with Gasteiger partial charge in [-0.25, -0.2) is 9.97 Å². The topological polar surface area (TPSA) is 52.1 Å². The van der Waals surface area contributed by atoms with Gasteiger partial charge in [-0.2, -0.15) is 13.2 Å². The van der Waals surface area contributed by atoms with E-state index >= 15 is 0 Å². The normalized spacial score (nSPS) is 11.2. The zero-order chi connectivity index (χ0) is 14.8. The Bertz CT molecular complexity index is 642. The number of carbonyl (C=O) groups is 1. The zero-order valence-corrected chi connectivity index (χ0v) is 10.3. The van der Waals surface area contributed by atoms with Crippen LogP contribution in [0.2, 0.25) is 0 Å². The number of ketones is 1. The van der Waals surface area contributed by atoms with Gasteiger partial charge in [0.05, 0.1) is 12.7 Å². The monoisotopic (exact) mass is 282 g/mol. The van der Waals surface area contributed by atoms with Gasteiger partial charge in [-0.05, 0) is 6.07 Å². The standard InChI is InChI=1S/C13H9F3N2O2/c1-20-11-6-10(17-7-18-11)12(19)8-4-2-3-5-9(8)13(14,15)16/h2-7H,1H3. The van der Waals surface area contributed by atoms with Crippen molar-refractivity contribution in [2.45, 2.75) is 6.18 Å². The number of alkyl halides is 3. The molecule has 4 nitrogen and oxygen atoms in total. The van der Waals surface area contributed by atoms with Gasteiger partial charge in [0, 0.05) is 11.6 Å². The summed E-state index contributed by atoms with van der Waals surface area (Å²) in [5.74, 6) is -0.730. The maximum atomic E-state index is 12.9. The lowest BCUT2D eigenvalue weighted by Gasteiger charge is -2.11. The molecule has 0 saturated heterocycles. The van der Waals surface area contributed by atoms with Gasteiger partial charge in [-0.3, -0.25) is 4.79 Å². The average molecular weight is 282 g/mol. The van der Waals surface area contributed by atoms with Crippen LogP contribution in [0.1, 0.15) is 21.6 Å². The Hall–Kier alpha value is -2.44. The first kappa shape index (κ1) is 14.0. The van der Waals surface area contributed by atoms with Gasteiger partial charge in [-0.1, -0.05) is 18.2 Å². The third-order valence-electron chi connectivity index (χ3n) is 2.56. The summed E-state index contributed by atoms with van der Waals surface area (Å²) < 4.78 is 43.4. The molecule has 0 aliphatic heterocycles. The summed E-state index contributed by atoms with van der Waals surface area (Å²) in [6.45, 7) is 0. The number of hydrogen-bond donors (Lipinski definition) is 0. The van der Waals surface area contributed by atoms with Crippen LogP contribution in [0.25, 0.3) is 0 Å². The van der Waals surface area contributed by atoms with Crippen molar-refractivity contribution in [3.05, 3.63) is 53.5 Å². The summed E-state index contributed by atoms with van der Waals surface area (Å²) in [5.41, 5.74) is -1.61. The fraction of sp³-hybridized carbons (Fsp3) is 0.154. The lowest BCUT2D eigenvalue weighted by molar-refractivity contribution is -0.137. The third kappa shape index (κ3) is 2.76. The van der Waals surface area contributed by atoms with Gasteiger partial charge in [0.15, 0.2) is 0 Å². The van der Waals surface area contributed by atoms with Gasteiger partial charge in [0.25, 0.3) is 0 Å². The molecule has 7 heteroatoms. The van der Waals surface area contributed by atoms with Crippen LogP contribution in [0.15, 0.2) is 36.7 Å². The van der Waals surface area contributed by atoms with Gasteiger partial charge in [0.1, 0.15) is 12.0 Å². The number of rotatable bonds is 3. The number of carbonyl (C=O) groups excluding carboxylic acids is 1. The minimum Gasteiger partial charge on any atom is -0.481 e. The van der Waals surface area contributed by atoms with E-state index in [0.717, 1.165) is 18.5 Å². The van der Waals surface area contributed by atoms with Crippen molar-refractivity contribution in [3.8, 4) is 5.88 Å². The largest absolute Gasteiger partial charge is 0.481 e. The van der Waals surface area contributed by atoms with E-state index in [0.29, 0.717) is 0 Å². The predicted octanol–water partition coefficient (Wildman–Crippen LogP) is 2.74. The molecule has 2 rings (SSSR count). The molecular formula is C13H9F3N2O2. The number of ether oxygens (including phenoxy) is 1. The second-order valence-electron chi connectivity index (χ2n) is 3.82. The van der Waals surface area contributed by atoms with E-state index in [2.05, 4.69) is 9.97 Å². The molecule has 0 atom stereocenters. The number of nitrogens with zero attached hydrogens (tertiary/aromatic N) is 2. The summed E-state index contributed by atoms with van der Waals surface area (Å²) in [5, 5.41) is 0. The molecule has 104 valence electrons. The van der Waals surface area contributed by atoms with E-state index in [9.17, 15) is 18.0 Å². The fourth-order valence-electron chi connectivity index (χ4n) is 1.64. The Morgan fingerprint density at radius 3 is 2.55 bits per heavy atom. The van der Waals surface area contributed by atoms with Crippen molar-refractivity contribution < 1.29 is 22.7 Å². The Labute approximate surface area is 112 Å².